The molecule has 2 heterocycles. The van der Waals surface area contributed by atoms with Gasteiger partial charge in [0.15, 0.2) is 11.6 Å². The third-order valence-electron chi connectivity index (χ3n) is 9.90. The van der Waals surface area contributed by atoms with Crippen LogP contribution >= 0.6 is 0 Å². The topological polar surface area (TPSA) is 43.6 Å². The molecule has 0 radical (unpaired) electrons. The maximum absolute atomic E-state index is 5.24. The molecule has 0 saturated carbocycles. The van der Waals surface area contributed by atoms with Gasteiger partial charge in [-0.05, 0) is 58.1 Å². The van der Waals surface area contributed by atoms with Crippen LogP contribution in [0.5, 0.6) is 0 Å². The van der Waals surface area contributed by atoms with Crippen molar-refractivity contribution < 1.29 is 0 Å². The molecule has 0 saturated heterocycles. The average Bonchev–Trinajstić information content (AvgIpc) is 3.54. The second kappa shape index (κ2) is 13.2. The van der Waals surface area contributed by atoms with Gasteiger partial charge in [0.05, 0.1) is 16.7 Å². The molecule has 9 aromatic rings. The van der Waals surface area contributed by atoms with Crippen molar-refractivity contribution in [2.24, 2.45) is 0 Å². The Balaban J connectivity index is 1.39. The maximum atomic E-state index is 5.24. The summed E-state index contributed by atoms with van der Waals surface area (Å²) in [5.74, 6) is 2.06. The number of fused-ring (bicyclic) bond motifs is 3. The van der Waals surface area contributed by atoms with E-state index in [1.165, 1.54) is 33.0 Å². The molecule has 0 spiro atoms. The van der Waals surface area contributed by atoms with E-state index in [1.807, 2.05) is 18.2 Å². The van der Waals surface area contributed by atoms with Crippen LogP contribution in [-0.2, 0) is 5.41 Å². The summed E-state index contributed by atoms with van der Waals surface area (Å²) >= 11 is 0. The van der Waals surface area contributed by atoms with Gasteiger partial charge in [0, 0.05) is 32.9 Å². The summed E-state index contributed by atoms with van der Waals surface area (Å²) < 4.78 is 2.43. The molecule has 0 amide bonds. The largest absolute Gasteiger partial charge is 0.308 e. The lowest BCUT2D eigenvalue weighted by molar-refractivity contribution is 0.543. The van der Waals surface area contributed by atoms with Crippen LogP contribution < -0.4 is 0 Å². The second-order valence-corrected chi connectivity index (χ2v) is 14.5. The van der Waals surface area contributed by atoms with E-state index >= 15 is 0 Å². The van der Waals surface area contributed by atoms with Crippen molar-refractivity contribution in [3.63, 3.8) is 0 Å². The first-order chi connectivity index (χ1) is 25.9. The van der Waals surface area contributed by atoms with Crippen LogP contribution in [0.4, 0.5) is 0 Å². The van der Waals surface area contributed by atoms with Gasteiger partial charge in [-0.1, -0.05) is 166 Å². The van der Waals surface area contributed by atoms with Crippen molar-refractivity contribution in [2.75, 3.05) is 0 Å². The molecule has 0 unspecified atom stereocenters. The summed E-state index contributed by atoms with van der Waals surface area (Å²) in [5.41, 5.74) is 11.8. The summed E-state index contributed by atoms with van der Waals surface area (Å²) in [5, 5.41) is 2.37. The highest BCUT2D eigenvalue weighted by Gasteiger charge is 2.25. The Morgan fingerprint density at radius 3 is 1.34 bits per heavy atom. The zero-order chi connectivity index (χ0) is 35.9. The van der Waals surface area contributed by atoms with Gasteiger partial charge in [0.1, 0.15) is 5.82 Å². The summed E-state index contributed by atoms with van der Waals surface area (Å²) in [7, 11) is 0. The lowest BCUT2D eigenvalue weighted by Crippen LogP contribution is -2.18. The molecule has 0 N–H and O–H groups in total. The molecule has 9 rings (SSSR count). The van der Waals surface area contributed by atoms with E-state index in [0.717, 1.165) is 44.8 Å². The van der Waals surface area contributed by atoms with Crippen LogP contribution in [0, 0.1) is 0 Å². The standard InChI is InChI=1S/C49H38N4/c1-49(2,3)48-51-46(36-23-14-7-15-24-36)50-47(52-48)40-26-16-25-39(35-21-12-6-13-22-35)45(40)53-43-29-27-37(33-17-8-4-9-18-33)31-41(43)42-32-38(28-30-44(42)53)34-19-10-5-11-20-34/h4-32H,1-3H3. The highest BCUT2D eigenvalue weighted by atomic mass is 15.1. The minimum atomic E-state index is -0.299. The summed E-state index contributed by atoms with van der Waals surface area (Å²) in [6.07, 6.45) is 0. The van der Waals surface area contributed by atoms with E-state index in [9.17, 15) is 0 Å². The molecular weight excluding hydrogens is 645 g/mol. The fourth-order valence-corrected chi connectivity index (χ4v) is 7.25. The van der Waals surface area contributed by atoms with Crippen molar-refractivity contribution in [1.82, 2.24) is 19.5 Å². The van der Waals surface area contributed by atoms with Gasteiger partial charge in [-0.2, -0.15) is 0 Å². The zero-order valence-electron chi connectivity index (χ0n) is 30.0. The molecule has 0 aliphatic rings. The predicted molar refractivity (Wildman–Crippen MR) is 220 cm³/mol. The average molecular weight is 683 g/mol. The Labute approximate surface area is 310 Å². The Hall–Kier alpha value is -6.65. The van der Waals surface area contributed by atoms with Crippen molar-refractivity contribution in [3.05, 3.63) is 182 Å². The third kappa shape index (κ3) is 5.98. The number of hydrogen-bond acceptors (Lipinski definition) is 3. The highest BCUT2D eigenvalue weighted by Crippen LogP contribution is 2.43. The SMILES string of the molecule is CC(C)(C)c1nc(-c2ccccc2)nc(-c2cccc(-c3ccccc3)c2-n2c3ccc(-c4ccccc4)cc3c3cc(-c4ccccc4)ccc32)n1. The molecular formula is C49H38N4. The number of nitrogens with zero attached hydrogens (tertiary/aromatic N) is 4. The number of para-hydroxylation sites is 1. The molecule has 2 aromatic heterocycles. The van der Waals surface area contributed by atoms with Crippen LogP contribution in [0.3, 0.4) is 0 Å². The van der Waals surface area contributed by atoms with Gasteiger partial charge in [-0.15, -0.1) is 0 Å². The first kappa shape index (κ1) is 32.3. The molecule has 0 fully saturated rings. The van der Waals surface area contributed by atoms with Crippen LogP contribution in [0.25, 0.3) is 83.6 Å². The lowest BCUT2D eigenvalue weighted by Gasteiger charge is -2.21. The first-order valence-electron chi connectivity index (χ1n) is 18.1. The number of aromatic nitrogens is 4. The lowest BCUT2D eigenvalue weighted by atomic mass is 9.95. The molecule has 0 bridgehead atoms. The summed E-state index contributed by atoms with van der Waals surface area (Å²) in [6.45, 7) is 6.47. The predicted octanol–water partition coefficient (Wildman–Crippen LogP) is 12.6. The smallest absolute Gasteiger partial charge is 0.165 e. The molecule has 254 valence electrons. The van der Waals surface area contributed by atoms with Gasteiger partial charge in [-0.25, -0.2) is 15.0 Å². The Kier molecular flexibility index (Phi) is 8.01. The molecule has 53 heavy (non-hydrogen) atoms. The molecule has 0 aliphatic heterocycles. The van der Waals surface area contributed by atoms with E-state index in [0.29, 0.717) is 11.6 Å². The fourth-order valence-electron chi connectivity index (χ4n) is 7.25. The van der Waals surface area contributed by atoms with Gasteiger partial charge in [0.25, 0.3) is 0 Å². The molecule has 7 aromatic carbocycles. The van der Waals surface area contributed by atoms with E-state index in [1.54, 1.807) is 0 Å². The Bertz CT molecular complexity index is 2630. The highest BCUT2D eigenvalue weighted by molar-refractivity contribution is 6.12. The van der Waals surface area contributed by atoms with Crippen molar-refractivity contribution >= 4 is 21.8 Å². The van der Waals surface area contributed by atoms with E-state index in [2.05, 4.69) is 183 Å². The maximum Gasteiger partial charge on any atom is 0.165 e. The Morgan fingerprint density at radius 1 is 0.377 bits per heavy atom. The Morgan fingerprint density at radius 2 is 0.830 bits per heavy atom. The van der Waals surface area contributed by atoms with Crippen LogP contribution in [0.2, 0.25) is 0 Å². The number of benzene rings is 7. The molecule has 0 atom stereocenters. The van der Waals surface area contributed by atoms with Gasteiger partial charge >= 0.3 is 0 Å². The van der Waals surface area contributed by atoms with E-state index in [-0.39, 0.29) is 5.41 Å². The second-order valence-electron chi connectivity index (χ2n) is 14.5. The first-order valence-corrected chi connectivity index (χ1v) is 18.1. The molecule has 4 nitrogen and oxygen atoms in total. The van der Waals surface area contributed by atoms with Crippen molar-refractivity contribution in [3.8, 4) is 61.8 Å². The van der Waals surface area contributed by atoms with Crippen molar-refractivity contribution in [2.45, 2.75) is 26.2 Å². The van der Waals surface area contributed by atoms with Gasteiger partial charge < -0.3 is 4.57 Å². The van der Waals surface area contributed by atoms with Crippen molar-refractivity contribution in [1.29, 1.82) is 0 Å². The fraction of sp³-hybridized carbons (Fsp3) is 0.0816. The zero-order valence-corrected chi connectivity index (χ0v) is 30.0. The van der Waals surface area contributed by atoms with Crippen LogP contribution in [0.1, 0.15) is 26.6 Å². The van der Waals surface area contributed by atoms with Crippen LogP contribution in [-0.4, -0.2) is 19.5 Å². The normalized spacial score (nSPS) is 11.7. The summed E-state index contributed by atoms with van der Waals surface area (Å²) in [6, 6.07) is 62.3. The number of rotatable bonds is 6. The molecule has 4 heteroatoms. The minimum Gasteiger partial charge on any atom is -0.308 e. The van der Waals surface area contributed by atoms with Gasteiger partial charge in [0.2, 0.25) is 0 Å². The van der Waals surface area contributed by atoms with Gasteiger partial charge in [-0.3, -0.25) is 0 Å². The third-order valence-corrected chi connectivity index (χ3v) is 9.90. The molecule has 0 aliphatic carbocycles. The van der Waals surface area contributed by atoms with E-state index in [4.69, 9.17) is 15.0 Å². The quantitative estimate of drug-likeness (QED) is 0.175. The number of hydrogen-bond donors (Lipinski definition) is 0. The summed E-state index contributed by atoms with van der Waals surface area (Å²) in [4.78, 5) is 15.5. The van der Waals surface area contributed by atoms with Crippen LogP contribution in [0.15, 0.2) is 176 Å². The van der Waals surface area contributed by atoms with E-state index < -0.39 is 0 Å². The minimum absolute atomic E-state index is 0.299. The monoisotopic (exact) mass is 682 g/mol.